The van der Waals surface area contributed by atoms with Crippen molar-refractivity contribution in [2.45, 2.75) is 6.61 Å². The van der Waals surface area contributed by atoms with E-state index in [1.54, 1.807) is 24.3 Å². The zero-order chi connectivity index (χ0) is 12.3. The summed E-state index contributed by atoms with van der Waals surface area (Å²) in [6.45, 7) is 0.146. The van der Waals surface area contributed by atoms with Crippen molar-refractivity contribution in [3.05, 3.63) is 52.9 Å². The van der Waals surface area contributed by atoms with E-state index >= 15 is 0 Å². The molecule has 0 aliphatic carbocycles. The van der Waals surface area contributed by atoms with Gasteiger partial charge < -0.3 is 10.5 Å². The fourth-order valence-electron chi connectivity index (χ4n) is 1.31. The van der Waals surface area contributed by atoms with Crippen LogP contribution in [0.4, 0.5) is 10.2 Å². The molecule has 0 spiro atoms. The van der Waals surface area contributed by atoms with E-state index in [-0.39, 0.29) is 12.4 Å². The molecule has 1 aromatic heterocycles. The van der Waals surface area contributed by atoms with Gasteiger partial charge in [-0.25, -0.2) is 9.37 Å². The van der Waals surface area contributed by atoms with Crippen LogP contribution in [-0.2, 0) is 6.61 Å². The van der Waals surface area contributed by atoms with Crippen LogP contribution in [0.2, 0.25) is 5.02 Å². The number of halogens is 2. The lowest BCUT2D eigenvalue weighted by atomic mass is 10.3. The van der Waals surface area contributed by atoms with Crippen LogP contribution in [0.3, 0.4) is 0 Å². The number of nitrogens with zero attached hydrogens (tertiary/aromatic N) is 1. The van der Waals surface area contributed by atoms with Crippen LogP contribution in [0.5, 0.6) is 5.75 Å². The number of rotatable bonds is 3. The molecule has 0 saturated carbocycles. The Bertz CT molecular complexity index is 534. The van der Waals surface area contributed by atoms with Crippen LogP contribution >= 0.6 is 11.6 Å². The van der Waals surface area contributed by atoms with Crippen molar-refractivity contribution < 1.29 is 9.13 Å². The molecule has 3 nitrogen and oxygen atoms in total. The number of pyridine rings is 1. The van der Waals surface area contributed by atoms with Crippen molar-refractivity contribution in [1.82, 2.24) is 4.98 Å². The van der Waals surface area contributed by atoms with Gasteiger partial charge in [-0.15, -0.1) is 0 Å². The van der Waals surface area contributed by atoms with Crippen LogP contribution in [0.15, 0.2) is 36.4 Å². The summed E-state index contributed by atoms with van der Waals surface area (Å²) >= 11 is 5.92. The van der Waals surface area contributed by atoms with Gasteiger partial charge in [-0.1, -0.05) is 17.7 Å². The molecule has 2 aromatic rings. The van der Waals surface area contributed by atoms with E-state index in [1.165, 1.54) is 12.1 Å². The first-order valence-corrected chi connectivity index (χ1v) is 5.32. The minimum atomic E-state index is -0.353. The monoisotopic (exact) mass is 252 g/mol. The highest BCUT2D eigenvalue weighted by Gasteiger charge is 2.04. The molecule has 0 fully saturated rings. The molecule has 0 atom stereocenters. The van der Waals surface area contributed by atoms with Gasteiger partial charge in [0.25, 0.3) is 0 Å². The number of anilines is 1. The molecule has 0 saturated heterocycles. The van der Waals surface area contributed by atoms with Crippen molar-refractivity contribution in [3.63, 3.8) is 0 Å². The summed E-state index contributed by atoms with van der Waals surface area (Å²) in [5, 5.41) is 0.468. The van der Waals surface area contributed by atoms with Crippen LogP contribution in [0.25, 0.3) is 0 Å². The highest BCUT2D eigenvalue weighted by Crippen LogP contribution is 2.18. The Hall–Kier alpha value is -1.81. The maximum absolute atomic E-state index is 12.9. The van der Waals surface area contributed by atoms with E-state index in [0.29, 0.717) is 22.3 Å². The molecule has 1 heterocycles. The quantitative estimate of drug-likeness (QED) is 0.913. The van der Waals surface area contributed by atoms with Crippen LogP contribution in [-0.4, -0.2) is 4.98 Å². The van der Waals surface area contributed by atoms with E-state index in [9.17, 15) is 4.39 Å². The molecule has 0 aliphatic rings. The zero-order valence-electron chi connectivity index (χ0n) is 8.86. The van der Waals surface area contributed by atoms with E-state index in [0.717, 1.165) is 0 Å². The maximum atomic E-state index is 12.9. The van der Waals surface area contributed by atoms with Gasteiger partial charge in [0.1, 0.15) is 24.0 Å². The third-order valence-corrected chi connectivity index (χ3v) is 2.46. The summed E-state index contributed by atoms with van der Waals surface area (Å²) in [4.78, 5) is 4.04. The molecule has 2 rings (SSSR count). The number of aromatic nitrogens is 1. The van der Waals surface area contributed by atoms with E-state index in [1.807, 2.05) is 0 Å². The van der Waals surface area contributed by atoms with Crippen LogP contribution in [0.1, 0.15) is 5.69 Å². The Labute approximate surface area is 103 Å². The molecule has 0 aliphatic heterocycles. The topological polar surface area (TPSA) is 48.1 Å². The SMILES string of the molecule is Nc1ccc(Cl)c(COc2cccc(F)c2)n1. The molecule has 5 heteroatoms. The Morgan fingerprint density at radius 1 is 1.29 bits per heavy atom. The molecule has 88 valence electrons. The summed E-state index contributed by atoms with van der Waals surface area (Å²) in [7, 11) is 0. The number of ether oxygens (including phenoxy) is 1. The molecule has 0 radical (unpaired) electrons. The van der Waals surface area contributed by atoms with Crippen LogP contribution < -0.4 is 10.5 Å². The van der Waals surface area contributed by atoms with E-state index in [4.69, 9.17) is 22.1 Å². The lowest BCUT2D eigenvalue weighted by Gasteiger charge is -2.07. The standard InChI is InChI=1S/C12H10ClFN2O/c13-10-4-5-12(15)16-11(10)7-17-9-3-1-2-8(14)6-9/h1-6H,7H2,(H2,15,16). The van der Waals surface area contributed by atoms with Gasteiger partial charge in [0.15, 0.2) is 0 Å². The predicted molar refractivity (Wildman–Crippen MR) is 64.4 cm³/mol. The molecule has 17 heavy (non-hydrogen) atoms. The van der Waals surface area contributed by atoms with Gasteiger partial charge in [0.05, 0.1) is 10.7 Å². The molecule has 0 bridgehead atoms. The van der Waals surface area contributed by atoms with Gasteiger partial charge in [-0.2, -0.15) is 0 Å². The fraction of sp³-hybridized carbons (Fsp3) is 0.0833. The van der Waals surface area contributed by atoms with Gasteiger partial charge in [0, 0.05) is 6.07 Å². The zero-order valence-corrected chi connectivity index (χ0v) is 9.62. The van der Waals surface area contributed by atoms with Crippen molar-refractivity contribution in [2.75, 3.05) is 5.73 Å². The number of hydrogen-bond donors (Lipinski definition) is 1. The molecule has 0 unspecified atom stereocenters. The normalized spacial score (nSPS) is 10.2. The maximum Gasteiger partial charge on any atom is 0.132 e. The van der Waals surface area contributed by atoms with Crippen molar-refractivity contribution in [3.8, 4) is 5.75 Å². The number of benzene rings is 1. The Morgan fingerprint density at radius 3 is 2.88 bits per heavy atom. The van der Waals surface area contributed by atoms with Gasteiger partial charge in [-0.3, -0.25) is 0 Å². The highest BCUT2D eigenvalue weighted by molar-refractivity contribution is 6.31. The van der Waals surface area contributed by atoms with Crippen LogP contribution in [0, 0.1) is 5.82 Å². The minimum absolute atomic E-state index is 0.146. The average molecular weight is 253 g/mol. The van der Waals surface area contributed by atoms with Gasteiger partial charge >= 0.3 is 0 Å². The minimum Gasteiger partial charge on any atom is -0.487 e. The number of nitrogens with two attached hydrogens (primary N) is 1. The summed E-state index contributed by atoms with van der Waals surface area (Å²) in [5.74, 6) is 0.437. The van der Waals surface area contributed by atoms with E-state index in [2.05, 4.69) is 4.98 Å². The van der Waals surface area contributed by atoms with Gasteiger partial charge in [0.2, 0.25) is 0 Å². The molecular formula is C12H10ClFN2O. The Kier molecular flexibility index (Phi) is 3.44. The largest absolute Gasteiger partial charge is 0.487 e. The third-order valence-electron chi connectivity index (χ3n) is 2.11. The Morgan fingerprint density at radius 2 is 2.12 bits per heavy atom. The first kappa shape index (κ1) is 11.7. The second-order valence-electron chi connectivity index (χ2n) is 3.41. The second-order valence-corrected chi connectivity index (χ2v) is 3.82. The van der Waals surface area contributed by atoms with Crippen molar-refractivity contribution in [2.24, 2.45) is 0 Å². The first-order valence-electron chi connectivity index (χ1n) is 4.94. The summed E-state index contributed by atoms with van der Waals surface area (Å²) in [5.41, 5.74) is 6.06. The van der Waals surface area contributed by atoms with Crippen molar-refractivity contribution >= 4 is 17.4 Å². The highest BCUT2D eigenvalue weighted by atomic mass is 35.5. The molecule has 2 N–H and O–H groups in total. The first-order chi connectivity index (χ1) is 8.15. The fourth-order valence-corrected chi connectivity index (χ4v) is 1.47. The Balaban J connectivity index is 2.09. The van der Waals surface area contributed by atoms with Crippen molar-refractivity contribution in [1.29, 1.82) is 0 Å². The molecule has 1 aromatic carbocycles. The lowest BCUT2D eigenvalue weighted by Crippen LogP contribution is -2.01. The summed E-state index contributed by atoms with van der Waals surface area (Å²) in [6.07, 6.45) is 0. The number of hydrogen-bond acceptors (Lipinski definition) is 3. The average Bonchev–Trinajstić information content (AvgIpc) is 2.30. The number of nitrogen functional groups attached to an aromatic ring is 1. The second kappa shape index (κ2) is 5.01. The predicted octanol–water partition coefficient (Wildman–Crippen LogP) is 3.04. The molecular weight excluding hydrogens is 243 g/mol. The molecule has 0 amide bonds. The van der Waals surface area contributed by atoms with E-state index < -0.39 is 0 Å². The smallest absolute Gasteiger partial charge is 0.132 e. The lowest BCUT2D eigenvalue weighted by molar-refractivity contribution is 0.300. The summed E-state index contributed by atoms with van der Waals surface area (Å²) in [6, 6.07) is 9.11. The van der Waals surface area contributed by atoms with Gasteiger partial charge in [-0.05, 0) is 24.3 Å². The third kappa shape index (κ3) is 3.07. The summed E-state index contributed by atoms with van der Waals surface area (Å²) < 4.78 is 18.3.